The molecule has 1 N–H and O–H groups in total. The minimum atomic E-state index is -4.67. The Balaban J connectivity index is 2.10. The van der Waals surface area contributed by atoms with Crippen LogP contribution in [0.4, 0.5) is 18.9 Å². The zero-order valence-corrected chi connectivity index (χ0v) is 17.2. The molecule has 31 heavy (non-hydrogen) atoms. The maximum absolute atomic E-state index is 12.9. The summed E-state index contributed by atoms with van der Waals surface area (Å²) in [6.07, 6.45) is -2.66. The van der Waals surface area contributed by atoms with Gasteiger partial charge >= 0.3 is 12.1 Å². The molecule has 0 fully saturated rings. The number of anilines is 1. The van der Waals surface area contributed by atoms with Crippen LogP contribution in [0.2, 0.25) is 0 Å². The Morgan fingerprint density at radius 1 is 1.16 bits per heavy atom. The molecule has 8 nitrogen and oxygen atoms in total. The average molecular weight is 457 g/mol. The summed E-state index contributed by atoms with van der Waals surface area (Å²) in [4.78, 5) is 23.5. The molecule has 0 atom stereocenters. The summed E-state index contributed by atoms with van der Waals surface area (Å²) >= 11 is 0. The van der Waals surface area contributed by atoms with Crippen LogP contribution in [0.1, 0.15) is 21.5 Å². The molecule has 0 saturated heterocycles. The summed E-state index contributed by atoms with van der Waals surface area (Å²) in [7, 11) is -2.82. The predicted molar refractivity (Wildman–Crippen MR) is 107 cm³/mol. The number of rotatable bonds is 7. The SMILES string of the molecule is COC(=O)c1ccc(/C=N\NC(=O)CN(c2cccc(C(F)(F)F)c2)S(C)(=O)=O)cc1. The molecule has 1 amide bonds. The number of carbonyl (C=O) groups excluding carboxylic acids is 2. The maximum atomic E-state index is 12.9. The molecule has 0 aliphatic heterocycles. The molecule has 0 aliphatic carbocycles. The number of hydrogen-bond donors (Lipinski definition) is 1. The van der Waals surface area contributed by atoms with E-state index in [0.717, 1.165) is 24.5 Å². The van der Waals surface area contributed by atoms with Crippen LogP contribution in [0.5, 0.6) is 0 Å². The van der Waals surface area contributed by atoms with Crippen molar-refractivity contribution in [3.8, 4) is 0 Å². The van der Waals surface area contributed by atoms with Crippen LogP contribution in [0.3, 0.4) is 0 Å². The van der Waals surface area contributed by atoms with E-state index in [2.05, 4.69) is 15.3 Å². The predicted octanol–water partition coefficient (Wildman–Crippen LogP) is 2.41. The fourth-order valence-corrected chi connectivity index (χ4v) is 3.25. The summed E-state index contributed by atoms with van der Waals surface area (Å²) in [5.41, 5.74) is 1.58. The third-order valence-corrected chi connectivity index (χ3v) is 5.02. The zero-order valence-electron chi connectivity index (χ0n) is 16.4. The van der Waals surface area contributed by atoms with Crippen LogP contribution >= 0.6 is 0 Å². The molecule has 0 heterocycles. The van der Waals surface area contributed by atoms with Gasteiger partial charge in [-0.05, 0) is 35.9 Å². The van der Waals surface area contributed by atoms with E-state index < -0.39 is 40.2 Å². The molecule has 0 bridgehead atoms. The number of nitrogens with zero attached hydrogens (tertiary/aromatic N) is 2. The number of hydrazone groups is 1. The summed E-state index contributed by atoms with van der Waals surface area (Å²) in [5, 5.41) is 3.68. The molecule has 166 valence electrons. The summed E-state index contributed by atoms with van der Waals surface area (Å²) < 4.78 is 67.9. The largest absolute Gasteiger partial charge is 0.465 e. The van der Waals surface area contributed by atoms with Crippen molar-refractivity contribution in [3.05, 3.63) is 65.2 Å². The highest BCUT2D eigenvalue weighted by atomic mass is 32.2. The van der Waals surface area contributed by atoms with Gasteiger partial charge < -0.3 is 4.74 Å². The highest BCUT2D eigenvalue weighted by Gasteiger charge is 2.32. The van der Waals surface area contributed by atoms with Gasteiger partial charge in [-0.1, -0.05) is 18.2 Å². The van der Waals surface area contributed by atoms with Gasteiger partial charge in [-0.15, -0.1) is 0 Å². The van der Waals surface area contributed by atoms with Crippen LogP contribution < -0.4 is 9.73 Å². The molecule has 2 aromatic carbocycles. The molecule has 0 saturated carbocycles. The van der Waals surface area contributed by atoms with E-state index in [1.54, 1.807) is 0 Å². The molecular formula is C19H18F3N3O5S. The lowest BCUT2D eigenvalue weighted by molar-refractivity contribution is -0.137. The summed E-state index contributed by atoms with van der Waals surface area (Å²) in [6.45, 7) is -0.779. The Labute approximate surface area is 176 Å². The van der Waals surface area contributed by atoms with Crippen molar-refractivity contribution in [2.24, 2.45) is 5.10 Å². The van der Waals surface area contributed by atoms with E-state index >= 15 is 0 Å². The lowest BCUT2D eigenvalue weighted by Gasteiger charge is -2.22. The molecule has 0 aromatic heterocycles. The van der Waals surface area contributed by atoms with Gasteiger partial charge in [0.1, 0.15) is 6.54 Å². The first-order valence-electron chi connectivity index (χ1n) is 8.57. The van der Waals surface area contributed by atoms with Gasteiger partial charge in [-0.25, -0.2) is 18.6 Å². The second-order valence-electron chi connectivity index (χ2n) is 6.22. The van der Waals surface area contributed by atoms with E-state index in [-0.39, 0.29) is 5.69 Å². The number of esters is 1. The van der Waals surface area contributed by atoms with E-state index in [4.69, 9.17) is 0 Å². The van der Waals surface area contributed by atoms with Gasteiger partial charge in [0.2, 0.25) is 10.0 Å². The third-order valence-electron chi connectivity index (χ3n) is 3.88. The Hall–Kier alpha value is -3.41. The number of methoxy groups -OCH3 is 1. The molecule has 0 spiro atoms. The van der Waals surface area contributed by atoms with Crippen LogP contribution in [0.15, 0.2) is 53.6 Å². The van der Waals surface area contributed by atoms with Gasteiger partial charge in [0.25, 0.3) is 5.91 Å². The number of halogens is 3. The lowest BCUT2D eigenvalue weighted by atomic mass is 10.1. The molecule has 0 aliphatic rings. The topological polar surface area (TPSA) is 105 Å². The molecular weight excluding hydrogens is 439 g/mol. The number of sulfonamides is 1. The zero-order chi connectivity index (χ0) is 23.2. The molecule has 2 aromatic rings. The van der Waals surface area contributed by atoms with Crippen molar-refractivity contribution < 1.29 is 35.9 Å². The highest BCUT2D eigenvalue weighted by Crippen LogP contribution is 2.32. The monoisotopic (exact) mass is 457 g/mol. The van der Waals surface area contributed by atoms with Crippen molar-refractivity contribution >= 4 is 33.8 Å². The molecule has 12 heteroatoms. The Morgan fingerprint density at radius 2 is 1.81 bits per heavy atom. The standard InChI is InChI=1S/C19H18F3N3O5S/c1-30-18(27)14-8-6-13(7-9-14)11-23-24-17(26)12-25(31(2,28)29)16-5-3-4-15(10-16)19(20,21)22/h3-11H,12H2,1-2H3,(H,24,26)/b23-11-. The van der Waals surface area contributed by atoms with Crippen LogP contribution in [-0.2, 0) is 25.7 Å². The Bertz CT molecular complexity index is 1080. The minimum absolute atomic E-state index is 0.310. The van der Waals surface area contributed by atoms with Gasteiger partial charge in [-0.2, -0.15) is 18.3 Å². The number of nitrogens with one attached hydrogen (secondary N) is 1. The average Bonchev–Trinajstić information content (AvgIpc) is 2.70. The quantitative estimate of drug-likeness (QED) is 0.391. The van der Waals surface area contributed by atoms with Gasteiger partial charge in [0.05, 0.1) is 36.4 Å². The second-order valence-corrected chi connectivity index (χ2v) is 8.13. The van der Waals surface area contributed by atoms with Gasteiger partial charge in [-0.3, -0.25) is 9.10 Å². The van der Waals surface area contributed by atoms with E-state index in [9.17, 15) is 31.2 Å². The number of carbonyl (C=O) groups is 2. The molecule has 0 radical (unpaired) electrons. The van der Waals surface area contributed by atoms with Crippen LogP contribution in [0.25, 0.3) is 0 Å². The number of ether oxygens (including phenoxy) is 1. The molecule has 0 unspecified atom stereocenters. The van der Waals surface area contributed by atoms with Crippen molar-refractivity contribution in [3.63, 3.8) is 0 Å². The number of hydrogen-bond acceptors (Lipinski definition) is 6. The van der Waals surface area contributed by atoms with Crippen molar-refractivity contribution in [1.29, 1.82) is 0 Å². The summed E-state index contributed by atoms with van der Waals surface area (Å²) in [5.74, 6) is -1.39. The Kier molecular flexibility index (Phi) is 7.39. The number of benzene rings is 2. The lowest BCUT2D eigenvalue weighted by Crippen LogP contribution is -2.39. The van der Waals surface area contributed by atoms with Gasteiger partial charge in [0.15, 0.2) is 0 Å². The normalized spacial score (nSPS) is 11.9. The minimum Gasteiger partial charge on any atom is -0.465 e. The van der Waals surface area contributed by atoms with E-state index in [1.807, 2.05) is 0 Å². The highest BCUT2D eigenvalue weighted by molar-refractivity contribution is 7.92. The van der Waals surface area contributed by atoms with E-state index in [0.29, 0.717) is 21.5 Å². The number of alkyl halides is 3. The van der Waals surface area contributed by atoms with Crippen LogP contribution in [-0.4, -0.2) is 46.4 Å². The van der Waals surface area contributed by atoms with E-state index in [1.165, 1.54) is 37.6 Å². The fraction of sp³-hybridized carbons (Fsp3) is 0.211. The number of amides is 1. The van der Waals surface area contributed by atoms with Crippen molar-refractivity contribution in [2.75, 3.05) is 24.2 Å². The second kappa shape index (κ2) is 9.60. The first-order valence-corrected chi connectivity index (χ1v) is 10.4. The molecule has 2 rings (SSSR count). The van der Waals surface area contributed by atoms with Crippen LogP contribution in [0, 0.1) is 0 Å². The van der Waals surface area contributed by atoms with Crippen molar-refractivity contribution in [1.82, 2.24) is 5.43 Å². The first kappa shape index (κ1) is 23.9. The summed E-state index contributed by atoms with van der Waals surface area (Å²) in [6, 6.07) is 9.66. The third kappa shape index (κ3) is 6.81. The smallest absolute Gasteiger partial charge is 0.416 e. The fourth-order valence-electron chi connectivity index (χ4n) is 2.41. The van der Waals surface area contributed by atoms with Crippen molar-refractivity contribution in [2.45, 2.75) is 6.18 Å². The van der Waals surface area contributed by atoms with Gasteiger partial charge in [0, 0.05) is 0 Å². The Morgan fingerprint density at radius 3 is 2.35 bits per heavy atom. The maximum Gasteiger partial charge on any atom is 0.416 e. The first-order chi connectivity index (χ1) is 14.4.